The minimum atomic E-state index is 0.0653. The highest BCUT2D eigenvalue weighted by molar-refractivity contribution is 7.18. The normalized spacial score (nSPS) is 23.4. The third-order valence-corrected chi connectivity index (χ3v) is 6.71. The molecular weight excluding hydrogens is 334 g/mol. The van der Waals surface area contributed by atoms with Crippen molar-refractivity contribution < 1.29 is 9.84 Å². The van der Waals surface area contributed by atoms with Gasteiger partial charge in [-0.05, 0) is 31.7 Å². The number of aromatic nitrogens is 2. The number of fused-ring (bicyclic) bond motifs is 1. The van der Waals surface area contributed by atoms with Gasteiger partial charge in [-0.2, -0.15) is 0 Å². The molecule has 5 nitrogen and oxygen atoms in total. The molecule has 2 aromatic heterocycles. The molecule has 1 atom stereocenters. The lowest BCUT2D eigenvalue weighted by Gasteiger charge is -2.34. The smallest absolute Gasteiger partial charge is 0.127 e. The van der Waals surface area contributed by atoms with Crippen LogP contribution in [0.3, 0.4) is 0 Å². The maximum absolute atomic E-state index is 9.63. The van der Waals surface area contributed by atoms with Gasteiger partial charge in [-0.3, -0.25) is 4.90 Å². The molecule has 1 aliphatic heterocycles. The van der Waals surface area contributed by atoms with Gasteiger partial charge < -0.3 is 9.84 Å². The predicted molar refractivity (Wildman–Crippen MR) is 100 cm³/mol. The maximum atomic E-state index is 9.63. The highest BCUT2D eigenvalue weighted by Gasteiger charge is 2.25. The van der Waals surface area contributed by atoms with E-state index >= 15 is 0 Å². The third kappa shape index (κ3) is 3.72. The van der Waals surface area contributed by atoms with Crippen LogP contribution in [0.5, 0.6) is 0 Å². The lowest BCUT2D eigenvalue weighted by atomic mass is 9.88. The summed E-state index contributed by atoms with van der Waals surface area (Å²) in [5.74, 6) is 1.54. The van der Waals surface area contributed by atoms with Crippen molar-refractivity contribution in [3.63, 3.8) is 0 Å². The second kappa shape index (κ2) is 7.66. The number of rotatable bonds is 4. The summed E-state index contributed by atoms with van der Waals surface area (Å²) in [6.45, 7) is 5.03. The van der Waals surface area contributed by atoms with Crippen molar-refractivity contribution >= 4 is 21.6 Å². The topological polar surface area (TPSA) is 58.5 Å². The quantitative estimate of drug-likeness (QED) is 0.906. The van der Waals surface area contributed by atoms with Gasteiger partial charge in [-0.1, -0.05) is 19.3 Å². The number of nitrogens with zero attached hydrogens (tertiary/aromatic N) is 3. The molecule has 1 N–H and O–H groups in total. The summed E-state index contributed by atoms with van der Waals surface area (Å²) in [6.07, 6.45) is 6.70. The molecule has 0 unspecified atom stereocenters. The number of morpholine rings is 1. The van der Waals surface area contributed by atoms with Gasteiger partial charge in [-0.25, -0.2) is 9.97 Å². The number of aliphatic hydroxyl groups excluding tert-OH is 1. The fourth-order valence-electron chi connectivity index (χ4n) is 4.08. The molecule has 2 fully saturated rings. The van der Waals surface area contributed by atoms with Crippen LogP contribution in [0.4, 0.5) is 0 Å². The predicted octanol–water partition coefficient (Wildman–Crippen LogP) is 3.24. The zero-order valence-electron chi connectivity index (χ0n) is 14.9. The van der Waals surface area contributed by atoms with Gasteiger partial charge in [0.15, 0.2) is 0 Å². The molecule has 0 amide bonds. The Bertz CT molecular complexity index is 727. The molecule has 6 heteroatoms. The van der Waals surface area contributed by atoms with Crippen molar-refractivity contribution in [1.29, 1.82) is 0 Å². The summed E-state index contributed by atoms with van der Waals surface area (Å²) in [6, 6.07) is 2.41. The lowest BCUT2D eigenvalue weighted by Crippen LogP contribution is -2.47. The minimum absolute atomic E-state index is 0.0653. The van der Waals surface area contributed by atoms with E-state index in [9.17, 15) is 5.11 Å². The van der Waals surface area contributed by atoms with Crippen LogP contribution in [0.2, 0.25) is 0 Å². The number of ether oxygens (including phenoxy) is 1. The Kier molecular flexibility index (Phi) is 5.31. The second-order valence-corrected chi connectivity index (χ2v) is 8.36. The fraction of sp³-hybridized carbons (Fsp3) is 0.684. The Labute approximate surface area is 153 Å². The van der Waals surface area contributed by atoms with E-state index in [-0.39, 0.29) is 12.6 Å². The zero-order chi connectivity index (χ0) is 17.2. The first-order valence-corrected chi connectivity index (χ1v) is 10.3. The first-order chi connectivity index (χ1) is 12.2. The molecule has 4 rings (SSSR count). The van der Waals surface area contributed by atoms with E-state index in [2.05, 4.69) is 11.0 Å². The van der Waals surface area contributed by atoms with E-state index < -0.39 is 0 Å². The maximum Gasteiger partial charge on any atom is 0.127 e. The molecule has 1 saturated heterocycles. The van der Waals surface area contributed by atoms with Gasteiger partial charge in [-0.15, -0.1) is 11.3 Å². The Morgan fingerprint density at radius 1 is 1.28 bits per heavy atom. The van der Waals surface area contributed by atoms with Crippen LogP contribution < -0.4 is 0 Å². The molecule has 1 aliphatic carbocycles. The summed E-state index contributed by atoms with van der Waals surface area (Å²) < 4.78 is 5.50. The molecule has 0 aromatic carbocycles. The first kappa shape index (κ1) is 17.3. The van der Waals surface area contributed by atoms with E-state index in [0.717, 1.165) is 36.0 Å². The average molecular weight is 362 g/mol. The molecule has 3 heterocycles. The van der Waals surface area contributed by atoms with E-state index in [1.807, 2.05) is 18.3 Å². The summed E-state index contributed by atoms with van der Waals surface area (Å²) in [5.41, 5.74) is 1.10. The van der Waals surface area contributed by atoms with Crippen LogP contribution in [0.25, 0.3) is 10.2 Å². The van der Waals surface area contributed by atoms with Gasteiger partial charge in [0, 0.05) is 23.4 Å². The van der Waals surface area contributed by atoms with Crippen molar-refractivity contribution in [2.75, 3.05) is 26.4 Å². The van der Waals surface area contributed by atoms with Crippen molar-refractivity contribution in [3.05, 3.63) is 22.5 Å². The van der Waals surface area contributed by atoms with E-state index in [4.69, 9.17) is 14.7 Å². The van der Waals surface area contributed by atoms with Crippen molar-refractivity contribution in [2.45, 2.75) is 57.5 Å². The van der Waals surface area contributed by atoms with Crippen LogP contribution in [-0.4, -0.2) is 52.4 Å². The van der Waals surface area contributed by atoms with Crippen LogP contribution in [0, 0.1) is 6.92 Å². The Hall–Kier alpha value is -1.08. The van der Waals surface area contributed by atoms with Gasteiger partial charge in [0.1, 0.15) is 10.7 Å². The standard InChI is InChI=1S/C19H27N3O2S/c1-13-20-17(10-22-7-8-24-12-15(22)11-23)16-9-18(25-19(16)21-13)14-5-3-2-4-6-14/h9,14-15,23H,2-8,10-12H2,1H3/t15-/m0/s1. The summed E-state index contributed by atoms with van der Waals surface area (Å²) in [7, 11) is 0. The molecule has 2 aromatic rings. The summed E-state index contributed by atoms with van der Waals surface area (Å²) in [4.78, 5) is 14.4. The molecule has 136 valence electrons. The Morgan fingerprint density at radius 3 is 2.92 bits per heavy atom. The van der Waals surface area contributed by atoms with Gasteiger partial charge in [0.25, 0.3) is 0 Å². The van der Waals surface area contributed by atoms with Crippen LogP contribution in [-0.2, 0) is 11.3 Å². The Balaban J connectivity index is 1.64. The number of hydrogen-bond acceptors (Lipinski definition) is 6. The lowest BCUT2D eigenvalue weighted by molar-refractivity contribution is -0.0315. The van der Waals surface area contributed by atoms with E-state index in [0.29, 0.717) is 12.5 Å². The molecule has 0 radical (unpaired) electrons. The van der Waals surface area contributed by atoms with Crippen molar-refractivity contribution in [2.24, 2.45) is 0 Å². The first-order valence-electron chi connectivity index (χ1n) is 9.44. The van der Waals surface area contributed by atoms with E-state index in [1.54, 1.807) is 0 Å². The zero-order valence-corrected chi connectivity index (χ0v) is 15.7. The van der Waals surface area contributed by atoms with Crippen LogP contribution in [0.15, 0.2) is 6.07 Å². The van der Waals surface area contributed by atoms with Crippen LogP contribution in [0.1, 0.15) is 54.4 Å². The van der Waals surface area contributed by atoms with Gasteiger partial charge >= 0.3 is 0 Å². The number of thiophene rings is 1. The van der Waals surface area contributed by atoms with E-state index in [1.165, 1.54) is 42.4 Å². The molecule has 1 saturated carbocycles. The molecule has 0 spiro atoms. The average Bonchev–Trinajstić information content (AvgIpc) is 3.07. The number of aryl methyl sites for hydroxylation is 1. The third-order valence-electron chi connectivity index (χ3n) is 5.52. The van der Waals surface area contributed by atoms with Gasteiger partial charge in [0.05, 0.1) is 31.6 Å². The minimum Gasteiger partial charge on any atom is -0.395 e. The molecule has 2 aliphatic rings. The van der Waals surface area contributed by atoms with Crippen molar-refractivity contribution in [1.82, 2.24) is 14.9 Å². The van der Waals surface area contributed by atoms with Crippen LogP contribution >= 0.6 is 11.3 Å². The number of hydrogen-bond donors (Lipinski definition) is 1. The highest BCUT2D eigenvalue weighted by atomic mass is 32.1. The largest absolute Gasteiger partial charge is 0.395 e. The fourth-order valence-corrected chi connectivity index (χ4v) is 5.35. The second-order valence-electron chi connectivity index (χ2n) is 7.30. The highest BCUT2D eigenvalue weighted by Crippen LogP contribution is 2.39. The Morgan fingerprint density at radius 2 is 2.12 bits per heavy atom. The molecule has 25 heavy (non-hydrogen) atoms. The SMILES string of the molecule is Cc1nc(CN2CCOC[C@@H]2CO)c2cc(C3CCCCC3)sc2n1. The monoisotopic (exact) mass is 361 g/mol. The summed E-state index contributed by atoms with van der Waals surface area (Å²) >= 11 is 1.86. The number of aliphatic hydroxyl groups is 1. The van der Waals surface area contributed by atoms with Crippen molar-refractivity contribution in [3.8, 4) is 0 Å². The van der Waals surface area contributed by atoms with Gasteiger partial charge in [0.2, 0.25) is 0 Å². The molecule has 0 bridgehead atoms. The molecular formula is C19H27N3O2S. The summed E-state index contributed by atoms with van der Waals surface area (Å²) in [5, 5.41) is 10.8.